The van der Waals surface area contributed by atoms with E-state index in [0.29, 0.717) is 52.6 Å². The van der Waals surface area contributed by atoms with Crippen LogP contribution in [0, 0.1) is 0 Å². The fraction of sp³-hybridized carbons (Fsp3) is 0.426. The number of hydrogen-bond acceptors (Lipinski definition) is 6. The molecule has 0 fully saturated rings. The van der Waals surface area contributed by atoms with Gasteiger partial charge in [0.25, 0.3) is 0 Å². The number of unbranched alkanes of at least 4 members (excludes halogenated alkanes) is 1. The van der Waals surface area contributed by atoms with Crippen LogP contribution in [0.3, 0.4) is 0 Å². The van der Waals surface area contributed by atoms with Crippen molar-refractivity contribution < 1.29 is 28.8 Å². The minimum atomic E-state index is -0.746. The normalized spacial score (nSPS) is 15.4. The number of fused-ring (bicyclic) bond motifs is 6. The second-order valence-electron chi connectivity index (χ2n) is 17.0. The van der Waals surface area contributed by atoms with Crippen LogP contribution in [0.5, 0.6) is 0 Å². The number of carboxylic acid groups (broad SMARTS) is 1. The molecule has 1 atom stereocenters. The van der Waals surface area contributed by atoms with Crippen molar-refractivity contribution in [3.05, 3.63) is 129 Å². The van der Waals surface area contributed by atoms with E-state index in [0.717, 1.165) is 61.4 Å². The molecule has 0 heterocycles. The highest BCUT2D eigenvalue weighted by Gasteiger charge is 2.43. The van der Waals surface area contributed by atoms with Gasteiger partial charge in [0, 0.05) is 49.2 Å². The van der Waals surface area contributed by atoms with Gasteiger partial charge in [-0.3, -0.25) is 4.79 Å². The third-order valence-electron chi connectivity index (χ3n) is 13.1. The van der Waals surface area contributed by atoms with E-state index in [2.05, 4.69) is 120 Å². The first-order valence-corrected chi connectivity index (χ1v) is 22.9. The molecule has 1 unspecified atom stereocenters. The van der Waals surface area contributed by atoms with Crippen molar-refractivity contribution in [1.29, 1.82) is 0 Å². The minimum absolute atomic E-state index is 0. The molecule has 3 N–H and O–H groups in total. The largest absolute Gasteiger partial charge is 0.481 e. The molecule has 0 aromatic heterocycles. The van der Waals surface area contributed by atoms with Crippen LogP contribution in [-0.4, -0.2) is 71.5 Å². The van der Waals surface area contributed by atoms with E-state index in [9.17, 15) is 4.79 Å². The molecule has 8 heteroatoms. The Morgan fingerprint density at radius 1 is 0.581 bits per heavy atom. The van der Waals surface area contributed by atoms with Gasteiger partial charge in [-0.15, -0.1) is 0 Å². The molecule has 0 saturated heterocycles. The van der Waals surface area contributed by atoms with Crippen molar-refractivity contribution in [2.75, 3.05) is 60.4 Å². The van der Waals surface area contributed by atoms with Crippen molar-refractivity contribution in [3.63, 3.8) is 0 Å². The standard InChI is InChI=1S/C53H62BrNO6.CH4/c1-52(23-4-5-26-55)47-33-39(38-13-11-37(12-14-38)9-6-10-51(56)57)15-19-43(47)44-20-16-40(34-48(44)52)41-17-21-45-46-22-18-42(54)36-50(46)53(49(45)35-41,24-7-27-60-31-29-58-2)25-8-28-61-32-30-59-3;/h11-22,33-36H,4-10,23-32,55H2,1-3H3,(H,56,57);1H4. The van der Waals surface area contributed by atoms with Gasteiger partial charge in [0.2, 0.25) is 0 Å². The monoisotopic (exact) mass is 903 g/mol. The first-order valence-electron chi connectivity index (χ1n) is 22.1. The summed E-state index contributed by atoms with van der Waals surface area (Å²) in [6, 6.07) is 36.7. The molecule has 2 aliphatic rings. The van der Waals surface area contributed by atoms with Crippen LogP contribution >= 0.6 is 15.9 Å². The van der Waals surface area contributed by atoms with Crippen molar-refractivity contribution in [2.24, 2.45) is 5.73 Å². The predicted molar refractivity (Wildman–Crippen MR) is 257 cm³/mol. The Hall–Kier alpha value is -4.15. The molecule has 330 valence electrons. The van der Waals surface area contributed by atoms with Crippen LogP contribution in [0.2, 0.25) is 0 Å². The molecule has 62 heavy (non-hydrogen) atoms. The van der Waals surface area contributed by atoms with Crippen LogP contribution in [0.15, 0.2) is 102 Å². The van der Waals surface area contributed by atoms with Crippen LogP contribution in [-0.2, 0) is 41.0 Å². The lowest BCUT2D eigenvalue weighted by Crippen LogP contribution is -2.27. The van der Waals surface area contributed by atoms with E-state index in [1.807, 2.05) is 0 Å². The van der Waals surface area contributed by atoms with Crippen molar-refractivity contribution >= 4 is 21.9 Å². The van der Waals surface area contributed by atoms with E-state index in [1.165, 1.54) is 66.8 Å². The highest BCUT2D eigenvalue weighted by molar-refractivity contribution is 9.10. The molecular weight excluding hydrogens is 838 g/mol. The number of carboxylic acids is 1. The predicted octanol–water partition coefficient (Wildman–Crippen LogP) is 12.4. The first kappa shape index (κ1) is 47.3. The van der Waals surface area contributed by atoms with Crippen molar-refractivity contribution in [2.45, 2.75) is 89.4 Å². The zero-order chi connectivity index (χ0) is 42.8. The van der Waals surface area contributed by atoms with Crippen LogP contribution in [0.1, 0.15) is 100.0 Å². The number of carbonyl (C=O) groups is 1. The molecule has 0 amide bonds. The van der Waals surface area contributed by atoms with Gasteiger partial charge in [-0.2, -0.15) is 0 Å². The van der Waals surface area contributed by atoms with Gasteiger partial charge in [-0.05, 0) is 161 Å². The summed E-state index contributed by atoms with van der Waals surface area (Å²) in [6.45, 7) is 6.86. The lowest BCUT2D eigenvalue weighted by atomic mass is 9.71. The quantitative estimate of drug-likeness (QED) is 0.0595. The highest BCUT2D eigenvalue weighted by atomic mass is 79.9. The van der Waals surface area contributed by atoms with Gasteiger partial charge in [0.1, 0.15) is 0 Å². The van der Waals surface area contributed by atoms with Crippen LogP contribution in [0.25, 0.3) is 44.5 Å². The van der Waals surface area contributed by atoms with E-state index in [4.69, 9.17) is 29.8 Å². The Bertz CT molecular complexity index is 2250. The average Bonchev–Trinajstić information content (AvgIpc) is 3.67. The molecule has 5 aromatic carbocycles. The summed E-state index contributed by atoms with van der Waals surface area (Å²) in [7, 11) is 3.43. The Morgan fingerprint density at radius 2 is 1.06 bits per heavy atom. The number of aryl methyl sites for hydroxylation is 1. The smallest absolute Gasteiger partial charge is 0.303 e. The topological polar surface area (TPSA) is 100 Å². The molecule has 0 aliphatic heterocycles. The summed E-state index contributed by atoms with van der Waals surface area (Å²) >= 11 is 3.84. The zero-order valence-electron chi connectivity index (χ0n) is 36.2. The maximum absolute atomic E-state index is 11.0. The molecular formula is C54H66BrNO6. The molecule has 7 rings (SSSR count). The summed E-state index contributed by atoms with van der Waals surface area (Å²) in [5.41, 5.74) is 22.4. The molecule has 0 spiro atoms. The van der Waals surface area contributed by atoms with E-state index < -0.39 is 5.97 Å². The molecule has 0 bridgehead atoms. The summed E-state index contributed by atoms with van der Waals surface area (Å²) in [5, 5.41) is 9.08. The number of ether oxygens (including phenoxy) is 4. The SMILES string of the molecule is C.COCCOCCCC1(CCCOCCOC)c2cc(Br)ccc2-c2ccc(-c3ccc4c(c3)C(C)(CCCCN)c3cc(-c5ccc(CCCC(=O)O)cc5)ccc3-4)cc21. The molecule has 7 nitrogen and oxygen atoms in total. The maximum atomic E-state index is 11.0. The van der Waals surface area contributed by atoms with E-state index in [-0.39, 0.29) is 24.7 Å². The Labute approximate surface area is 378 Å². The number of rotatable bonds is 24. The number of nitrogens with two attached hydrogens (primary N) is 1. The minimum Gasteiger partial charge on any atom is -0.481 e. The maximum Gasteiger partial charge on any atom is 0.303 e. The first-order chi connectivity index (χ1) is 29.7. The molecule has 5 aromatic rings. The third-order valence-corrected chi connectivity index (χ3v) is 13.6. The third kappa shape index (κ3) is 10.3. The highest BCUT2D eigenvalue weighted by Crippen LogP contribution is 2.56. The Balaban J connectivity index is 0.00000641. The van der Waals surface area contributed by atoms with Gasteiger partial charge in [-0.1, -0.05) is 103 Å². The Morgan fingerprint density at radius 3 is 1.60 bits per heavy atom. The van der Waals surface area contributed by atoms with Gasteiger partial charge >= 0.3 is 5.97 Å². The van der Waals surface area contributed by atoms with Crippen molar-refractivity contribution in [1.82, 2.24) is 0 Å². The molecule has 0 saturated carbocycles. The summed E-state index contributed by atoms with van der Waals surface area (Å²) in [4.78, 5) is 11.0. The average molecular weight is 905 g/mol. The van der Waals surface area contributed by atoms with Gasteiger partial charge in [0.05, 0.1) is 26.4 Å². The zero-order valence-corrected chi connectivity index (χ0v) is 37.8. The summed E-state index contributed by atoms with van der Waals surface area (Å²) < 4.78 is 23.6. The fourth-order valence-corrected chi connectivity index (χ4v) is 10.3. The number of halogens is 1. The van der Waals surface area contributed by atoms with Gasteiger partial charge in [0.15, 0.2) is 0 Å². The Kier molecular flexibility index (Phi) is 16.8. The number of aliphatic carboxylic acids is 1. The van der Waals surface area contributed by atoms with E-state index >= 15 is 0 Å². The lowest BCUT2D eigenvalue weighted by molar-refractivity contribution is -0.137. The van der Waals surface area contributed by atoms with Crippen LogP contribution < -0.4 is 5.73 Å². The number of benzene rings is 5. The van der Waals surface area contributed by atoms with Crippen LogP contribution in [0.4, 0.5) is 0 Å². The second kappa shape index (κ2) is 22.0. The van der Waals surface area contributed by atoms with Gasteiger partial charge in [-0.25, -0.2) is 0 Å². The lowest BCUT2D eigenvalue weighted by Gasteiger charge is -2.33. The fourth-order valence-electron chi connectivity index (χ4n) is 9.93. The summed E-state index contributed by atoms with van der Waals surface area (Å²) in [5.74, 6) is -0.746. The molecule has 2 aliphatic carbocycles. The molecule has 0 radical (unpaired) electrons. The number of methoxy groups -OCH3 is 2. The van der Waals surface area contributed by atoms with Gasteiger partial charge < -0.3 is 29.8 Å². The number of hydrogen-bond donors (Lipinski definition) is 2. The summed E-state index contributed by atoms with van der Waals surface area (Å²) in [6.07, 6.45) is 8.43. The van der Waals surface area contributed by atoms with Crippen molar-refractivity contribution in [3.8, 4) is 44.5 Å². The van der Waals surface area contributed by atoms with E-state index in [1.54, 1.807) is 14.2 Å². The second-order valence-corrected chi connectivity index (χ2v) is 17.9.